The summed E-state index contributed by atoms with van der Waals surface area (Å²) in [7, 11) is 0. The summed E-state index contributed by atoms with van der Waals surface area (Å²) in [4.78, 5) is 16.9. The fraction of sp³-hybridized carbons (Fsp3) is 0.429. The molecule has 1 aromatic heterocycles. The lowest BCUT2D eigenvalue weighted by molar-refractivity contribution is -0.121. The van der Waals surface area contributed by atoms with Gasteiger partial charge in [-0.2, -0.15) is 0 Å². The molecular formula is C28H37N3OS. The molecule has 0 fully saturated rings. The van der Waals surface area contributed by atoms with Crippen molar-refractivity contribution in [2.24, 2.45) is 0 Å². The summed E-state index contributed by atoms with van der Waals surface area (Å²) in [6.45, 7) is 10.2. The van der Waals surface area contributed by atoms with Crippen LogP contribution < -0.4 is 5.32 Å². The highest BCUT2D eigenvalue weighted by atomic mass is 32.2. The number of carbonyl (C=O) groups is 1. The second-order valence-electron chi connectivity index (χ2n) is 8.58. The second-order valence-corrected chi connectivity index (χ2v) is 9.64. The van der Waals surface area contributed by atoms with Gasteiger partial charge in [0, 0.05) is 36.4 Å². The molecule has 4 nitrogen and oxygen atoms in total. The van der Waals surface area contributed by atoms with Crippen LogP contribution in [0.25, 0.3) is 22.5 Å². The Morgan fingerprint density at radius 1 is 0.909 bits per heavy atom. The Balaban J connectivity index is 1.74. The van der Waals surface area contributed by atoms with Crippen molar-refractivity contribution in [3.05, 3.63) is 59.7 Å². The van der Waals surface area contributed by atoms with Crippen molar-refractivity contribution >= 4 is 17.7 Å². The van der Waals surface area contributed by atoms with Crippen molar-refractivity contribution in [1.82, 2.24) is 14.9 Å². The molecule has 0 saturated heterocycles. The molecule has 0 aliphatic heterocycles. The molecule has 1 N–H and O–H groups in total. The van der Waals surface area contributed by atoms with E-state index in [0.29, 0.717) is 6.42 Å². The van der Waals surface area contributed by atoms with Gasteiger partial charge in [0.15, 0.2) is 5.16 Å². The summed E-state index contributed by atoms with van der Waals surface area (Å²) < 4.78 is 2.34. The number of aromatic nitrogens is 2. The largest absolute Gasteiger partial charge is 0.356 e. The number of unbranched alkanes of at least 4 members (excludes halogenated alkanes) is 2. The van der Waals surface area contributed by atoms with Crippen LogP contribution in [0, 0.1) is 13.8 Å². The van der Waals surface area contributed by atoms with Crippen molar-refractivity contribution in [1.29, 1.82) is 0 Å². The van der Waals surface area contributed by atoms with E-state index >= 15 is 0 Å². The second kappa shape index (κ2) is 12.6. The Morgan fingerprint density at radius 3 is 2.15 bits per heavy atom. The molecule has 33 heavy (non-hydrogen) atoms. The lowest BCUT2D eigenvalue weighted by Gasteiger charge is -2.11. The minimum Gasteiger partial charge on any atom is -0.356 e. The fourth-order valence-electron chi connectivity index (χ4n) is 3.80. The number of hydrogen-bond donors (Lipinski definition) is 1. The van der Waals surface area contributed by atoms with Gasteiger partial charge in [0.25, 0.3) is 0 Å². The van der Waals surface area contributed by atoms with Crippen LogP contribution in [-0.2, 0) is 11.3 Å². The molecule has 0 aliphatic rings. The van der Waals surface area contributed by atoms with Gasteiger partial charge in [0.05, 0.1) is 11.4 Å². The molecular weight excluding hydrogens is 426 g/mol. The lowest BCUT2D eigenvalue weighted by Crippen LogP contribution is -2.24. The number of nitrogens with zero attached hydrogens (tertiary/aromatic N) is 2. The predicted octanol–water partition coefficient (Wildman–Crippen LogP) is 7.03. The van der Waals surface area contributed by atoms with Gasteiger partial charge in [-0.15, -0.1) is 0 Å². The number of rotatable bonds is 12. The maximum atomic E-state index is 11.8. The normalized spacial score (nSPS) is 11.0. The van der Waals surface area contributed by atoms with E-state index < -0.39 is 0 Å². The monoisotopic (exact) mass is 463 g/mol. The fourth-order valence-corrected chi connectivity index (χ4v) is 4.86. The van der Waals surface area contributed by atoms with Gasteiger partial charge < -0.3 is 9.88 Å². The van der Waals surface area contributed by atoms with Crippen LogP contribution in [0.4, 0.5) is 0 Å². The first-order valence-electron chi connectivity index (χ1n) is 12.2. The molecule has 0 saturated carbocycles. The van der Waals surface area contributed by atoms with E-state index in [9.17, 15) is 4.79 Å². The highest BCUT2D eigenvalue weighted by molar-refractivity contribution is 7.99. The number of amides is 1. The van der Waals surface area contributed by atoms with Gasteiger partial charge in [-0.05, 0) is 40.0 Å². The molecule has 3 aromatic rings. The summed E-state index contributed by atoms with van der Waals surface area (Å²) >= 11 is 1.81. The van der Waals surface area contributed by atoms with E-state index in [2.05, 4.69) is 86.1 Å². The minimum atomic E-state index is 0.177. The van der Waals surface area contributed by atoms with Crippen LogP contribution in [0.2, 0.25) is 0 Å². The smallest absolute Gasteiger partial charge is 0.219 e. The van der Waals surface area contributed by atoms with E-state index in [1.165, 1.54) is 22.4 Å². The van der Waals surface area contributed by atoms with Gasteiger partial charge >= 0.3 is 0 Å². The highest BCUT2D eigenvalue weighted by Gasteiger charge is 2.19. The summed E-state index contributed by atoms with van der Waals surface area (Å²) in [6, 6.07) is 17.4. The van der Waals surface area contributed by atoms with Gasteiger partial charge in [0.2, 0.25) is 5.91 Å². The van der Waals surface area contributed by atoms with Gasteiger partial charge in [-0.1, -0.05) is 84.8 Å². The van der Waals surface area contributed by atoms with Gasteiger partial charge in [-0.25, -0.2) is 4.98 Å². The first-order valence-corrected chi connectivity index (χ1v) is 13.2. The number of thioether (sulfide) groups is 1. The van der Waals surface area contributed by atoms with Crippen molar-refractivity contribution < 1.29 is 4.79 Å². The van der Waals surface area contributed by atoms with E-state index in [4.69, 9.17) is 4.98 Å². The van der Waals surface area contributed by atoms with Gasteiger partial charge in [0.1, 0.15) is 0 Å². The molecule has 0 atom stereocenters. The van der Waals surface area contributed by atoms with E-state index in [-0.39, 0.29) is 5.91 Å². The van der Waals surface area contributed by atoms with Crippen LogP contribution >= 0.6 is 11.8 Å². The lowest BCUT2D eigenvalue weighted by atomic mass is 10.0. The Kier molecular flexibility index (Phi) is 9.61. The van der Waals surface area contributed by atoms with Crippen LogP contribution in [0.5, 0.6) is 0 Å². The number of benzene rings is 2. The molecule has 176 valence electrons. The maximum Gasteiger partial charge on any atom is 0.219 e. The predicted molar refractivity (Wildman–Crippen MR) is 141 cm³/mol. The Labute approximate surface area is 203 Å². The topological polar surface area (TPSA) is 46.9 Å². The third kappa shape index (κ3) is 6.97. The average Bonchev–Trinajstić information content (AvgIpc) is 3.19. The Bertz CT molecular complexity index is 1020. The van der Waals surface area contributed by atoms with Gasteiger partial charge in [-0.3, -0.25) is 4.79 Å². The molecule has 0 spiro atoms. The van der Waals surface area contributed by atoms with Crippen molar-refractivity contribution in [3.63, 3.8) is 0 Å². The average molecular weight is 464 g/mol. The molecule has 0 radical (unpaired) electrons. The summed E-state index contributed by atoms with van der Waals surface area (Å²) in [5, 5.41) is 4.10. The molecule has 1 heterocycles. The summed E-state index contributed by atoms with van der Waals surface area (Å²) in [5.41, 5.74) is 7.10. The third-order valence-electron chi connectivity index (χ3n) is 5.78. The first kappa shape index (κ1) is 25.1. The van der Waals surface area contributed by atoms with Crippen LogP contribution in [0.3, 0.4) is 0 Å². The Hall–Kier alpha value is -2.53. The first-order chi connectivity index (χ1) is 16.0. The summed E-state index contributed by atoms with van der Waals surface area (Å²) in [6.07, 6.45) is 4.71. The molecule has 0 aliphatic carbocycles. The number of aryl methyl sites for hydroxylation is 2. The standard InChI is InChI=1S/C28H37N3OS/c1-5-7-10-25(32)29-19-8-9-20-33-28-30-26(23-15-11-21(3)12-16-23)27(31(28)6-2)24-17-13-22(4)14-18-24/h11-18H,5-10,19-20H2,1-4H3,(H,29,32). The minimum absolute atomic E-state index is 0.177. The van der Waals surface area contributed by atoms with Crippen molar-refractivity contribution in [2.75, 3.05) is 12.3 Å². The van der Waals surface area contributed by atoms with Crippen LogP contribution in [0.15, 0.2) is 53.7 Å². The zero-order valence-electron chi connectivity index (χ0n) is 20.5. The third-order valence-corrected chi connectivity index (χ3v) is 6.84. The Morgan fingerprint density at radius 2 is 1.55 bits per heavy atom. The van der Waals surface area contributed by atoms with E-state index in [0.717, 1.165) is 60.9 Å². The van der Waals surface area contributed by atoms with Crippen molar-refractivity contribution in [3.8, 4) is 22.5 Å². The molecule has 1 amide bonds. The molecule has 3 rings (SSSR count). The number of nitrogens with one attached hydrogen (secondary N) is 1. The van der Waals surface area contributed by atoms with Crippen LogP contribution in [0.1, 0.15) is 57.1 Å². The molecule has 2 aromatic carbocycles. The molecule has 0 bridgehead atoms. The molecule has 0 unspecified atom stereocenters. The zero-order chi connectivity index (χ0) is 23.6. The molecule has 5 heteroatoms. The van der Waals surface area contributed by atoms with Crippen LogP contribution in [-0.4, -0.2) is 27.8 Å². The summed E-state index contributed by atoms with van der Waals surface area (Å²) in [5.74, 6) is 1.17. The number of carbonyl (C=O) groups excluding carboxylic acids is 1. The maximum absolute atomic E-state index is 11.8. The highest BCUT2D eigenvalue weighted by Crippen LogP contribution is 2.36. The van der Waals surface area contributed by atoms with Crippen molar-refractivity contribution in [2.45, 2.75) is 71.5 Å². The number of hydrogen-bond acceptors (Lipinski definition) is 3. The van der Waals surface area contributed by atoms with E-state index in [1.54, 1.807) is 0 Å². The zero-order valence-corrected chi connectivity index (χ0v) is 21.3. The quantitative estimate of drug-likeness (QED) is 0.232. The van der Waals surface area contributed by atoms with E-state index in [1.807, 2.05) is 11.8 Å². The SMILES string of the molecule is CCCCC(=O)NCCCCSc1nc(-c2ccc(C)cc2)c(-c2ccc(C)cc2)n1CC. The number of imidazole rings is 1.